The Morgan fingerprint density at radius 1 is 1.10 bits per heavy atom. The van der Waals surface area contributed by atoms with E-state index in [1.807, 2.05) is 41.0 Å². The lowest BCUT2D eigenvalue weighted by Crippen LogP contribution is -2.19. The van der Waals surface area contributed by atoms with Crippen LogP contribution in [0.4, 0.5) is 0 Å². The van der Waals surface area contributed by atoms with Gasteiger partial charge in [0.25, 0.3) is 0 Å². The number of nitrogens with zero attached hydrogens (tertiary/aromatic N) is 1. The van der Waals surface area contributed by atoms with Crippen LogP contribution in [0.2, 0.25) is 0 Å². The standard InChI is InChI=1S/C25H30N2O3/c1-4-6-15-27-22(23(17(3)5-2)26-25(27)30)16-18-11-13-19(14-12-18)20-9-7-8-10-21(20)24(28)29/h7-14,17H,4-6,15-16H2,1-3H3,(H,26,30)(H,28,29). The van der Waals surface area contributed by atoms with Crippen molar-refractivity contribution in [2.45, 2.75) is 58.9 Å². The Morgan fingerprint density at radius 2 is 1.80 bits per heavy atom. The van der Waals surface area contributed by atoms with E-state index >= 15 is 0 Å². The molecule has 30 heavy (non-hydrogen) atoms. The van der Waals surface area contributed by atoms with Crippen LogP contribution < -0.4 is 5.69 Å². The Bertz CT molecular complexity index is 1060. The van der Waals surface area contributed by atoms with Crippen molar-refractivity contribution < 1.29 is 9.90 Å². The molecule has 1 unspecified atom stereocenters. The number of aromatic nitrogens is 2. The smallest absolute Gasteiger partial charge is 0.336 e. The molecule has 3 aromatic rings. The molecule has 0 spiro atoms. The number of nitrogens with one attached hydrogen (secondary N) is 1. The van der Waals surface area contributed by atoms with Gasteiger partial charge in [-0.15, -0.1) is 0 Å². The third-order valence-electron chi connectivity index (χ3n) is 5.76. The highest BCUT2D eigenvalue weighted by Gasteiger charge is 2.18. The van der Waals surface area contributed by atoms with E-state index in [4.69, 9.17) is 0 Å². The number of unbranched alkanes of at least 4 members (excludes halogenated alkanes) is 1. The predicted octanol–water partition coefficient (Wildman–Crippen LogP) is 5.45. The summed E-state index contributed by atoms with van der Waals surface area (Å²) in [5, 5.41) is 9.45. The molecule has 0 bridgehead atoms. The van der Waals surface area contributed by atoms with Crippen molar-refractivity contribution in [1.29, 1.82) is 0 Å². The van der Waals surface area contributed by atoms with E-state index in [2.05, 4.69) is 25.8 Å². The van der Waals surface area contributed by atoms with Crippen LogP contribution in [-0.2, 0) is 13.0 Å². The number of imidazole rings is 1. The minimum absolute atomic E-state index is 0.0271. The lowest BCUT2D eigenvalue weighted by Gasteiger charge is -2.14. The monoisotopic (exact) mass is 406 g/mol. The molecule has 1 heterocycles. The first-order chi connectivity index (χ1) is 14.5. The van der Waals surface area contributed by atoms with Gasteiger partial charge in [-0.3, -0.25) is 4.57 Å². The minimum Gasteiger partial charge on any atom is -0.478 e. The second-order valence-electron chi connectivity index (χ2n) is 7.83. The van der Waals surface area contributed by atoms with Crippen LogP contribution in [0.15, 0.2) is 53.3 Å². The van der Waals surface area contributed by atoms with E-state index in [1.165, 1.54) is 0 Å². The first kappa shape index (κ1) is 21.6. The van der Waals surface area contributed by atoms with E-state index in [-0.39, 0.29) is 11.6 Å². The quantitative estimate of drug-likeness (QED) is 0.496. The van der Waals surface area contributed by atoms with Crippen molar-refractivity contribution in [2.75, 3.05) is 0 Å². The summed E-state index contributed by atoms with van der Waals surface area (Å²) in [7, 11) is 0. The molecule has 0 aliphatic heterocycles. The molecule has 3 rings (SSSR count). The molecule has 158 valence electrons. The number of aromatic carboxylic acids is 1. The lowest BCUT2D eigenvalue weighted by molar-refractivity contribution is 0.0697. The van der Waals surface area contributed by atoms with E-state index in [0.29, 0.717) is 17.5 Å². The molecule has 5 heteroatoms. The van der Waals surface area contributed by atoms with Crippen molar-refractivity contribution in [3.05, 3.63) is 81.5 Å². The summed E-state index contributed by atoms with van der Waals surface area (Å²) < 4.78 is 1.89. The molecule has 1 aromatic heterocycles. The zero-order valence-corrected chi connectivity index (χ0v) is 17.9. The third kappa shape index (κ3) is 4.56. The van der Waals surface area contributed by atoms with Crippen LogP contribution in [0.1, 0.15) is 73.3 Å². The van der Waals surface area contributed by atoms with E-state index < -0.39 is 5.97 Å². The van der Waals surface area contributed by atoms with Gasteiger partial charge in [0, 0.05) is 24.4 Å². The summed E-state index contributed by atoms with van der Waals surface area (Å²) in [6.45, 7) is 7.12. The SMILES string of the molecule is CCCCn1c(Cc2ccc(-c3ccccc3C(=O)O)cc2)c(C(C)CC)[nH]c1=O. The Balaban J connectivity index is 1.94. The number of carboxylic acid groups (broad SMARTS) is 1. The highest BCUT2D eigenvalue weighted by Crippen LogP contribution is 2.26. The average molecular weight is 407 g/mol. The van der Waals surface area contributed by atoms with Gasteiger partial charge in [0.15, 0.2) is 0 Å². The number of aromatic amines is 1. The molecule has 0 saturated carbocycles. The number of hydrogen-bond acceptors (Lipinski definition) is 2. The molecule has 0 saturated heterocycles. The first-order valence-electron chi connectivity index (χ1n) is 10.7. The molecule has 2 aromatic carbocycles. The highest BCUT2D eigenvalue weighted by molar-refractivity contribution is 5.95. The molecule has 0 radical (unpaired) electrons. The summed E-state index contributed by atoms with van der Waals surface area (Å²) in [4.78, 5) is 27.2. The summed E-state index contributed by atoms with van der Waals surface area (Å²) in [6, 6.07) is 15.0. The van der Waals surface area contributed by atoms with Crippen molar-refractivity contribution in [3.63, 3.8) is 0 Å². The normalized spacial score (nSPS) is 12.1. The molecule has 2 N–H and O–H groups in total. The summed E-state index contributed by atoms with van der Waals surface area (Å²) >= 11 is 0. The van der Waals surface area contributed by atoms with Crippen LogP contribution in [0.5, 0.6) is 0 Å². The largest absolute Gasteiger partial charge is 0.478 e. The van der Waals surface area contributed by atoms with E-state index in [9.17, 15) is 14.7 Å². The van der Waals surface area contributed by atoms with Crippen molar-refractivity contribution in [2.24, 2.45) is 0 Å². The van der Waals surface area contributed by atoms with Crippen LogP contribution in [0.25, 0.3) is 11.1 Å². The number of carboxylic acids is 1. The Morgan fingerprint density at radius 3 is 2.43 bits per heavy atom. The van der Waals surface area contributed by atoms with Gasteiger partial charge < -0.3 is 10.1 Å². The molecule has 0 amide bonds. The second kappa shape index (κ2) is 9.61. The zero-order valence-electron chi connectivity index (χ0n) is 17.9. The maximum atomic E-state index is 12.6. The fourth-order valence-corrected chi connectivity index (χ4v) is 3.79. The maximum Gasteiger partial charge on any atom is 0.336 e. The maximum absolute atomic E-state index is 12.6. The molecule has 0 aliphatic carbocycles. The van der Waals surface area contributed by atoms with Gasteiger partial charge in [-0.05, 0) is 41.5 Å². The topological polar surface area (TPSA) is 75.1 Å². The molecule has 0 fully saturated rings. The van der Waals surface area contributed by atoms with Gasteiger partial charge in [0.2, 0.25) is 0 Å². The second-order valence-corrected chi connectivity index (χ2v) is 7.83. The molecular weight excluding hydrogens is 376 g/mol. The number of H-pyrrole nitrogens is 1. The summed E-state index contributed by atoms with van der Waals surface area (Å²) in [5.41, 5.74) is 5.03. The lowest BCUT2D eigenvalue weighted by atomic mass is 9.96. The van der Waals surface area contributed by atoms with Gasteiger partial charge in [-0.2, -0.15) is 0 Å². The van der Waals surface area contributed by atoms with Crippen molar-refractivity contribution in [1.82, 2.24) is 9.55 Å². The summed E-state index contributed by atoms with van der Waals surface area (Å²) in [5.74, 6) is -0.641. The van der Waals surface area contributed by atoms with Gasteiger partial charge in [0.05, 0.1) is 5.56 Å². The fraction of sp³-hybridized carbons (Fsp3) is 0.360. The Kier molecular flexibility index (Phi) is 6.93. The Labute approximate surface area is 177 Å². The van der Waals surface area contributed by atoms with Crippen LogP contribution in [-0.4, -0.2) is 20.6 Å². The zero-order chi connectivity index (χ0) is 21.7. The van der Waals surface area contributed by atoms with E-state index in [1.54, 1.807) is 12.1 Å². The number of benzene rings is 2. The number of hydrogen-bond donors (Lipinski definition) is 2. The number of rotatable bonds is 9. The highest BCUT2D eigenvalue weighted by atomic mass is 16.4. The minimum atomic E-state index is -0.930. The fourth-order valence-electron chi connectivity index (χ4n) is 3.79. The van der Waals surface area contributed by atoms with Crippen molar-refractivity contribution in [3.8, 4) is 11.1 Å². The summed E-state index contributed by atoms with van der Waals surface area (Å²) in [6.07, 6.45) is 3.64. The first-order valence-corrected chi connectivity index (χ1v) is 10.7. The Hall–Kier alpha value is -3.08. The van der Waals surface area contributed by atoms with Crippen LogP contribution in [0.3, 0.4) is 0 Å². The van der Waals surface area contributed by atoms with Gasteiger partial charge in [-0.1, -0.05) is 69.7 Å². The van der Waals surface area contributed by atoms with E-state index in [0.717, 1.165) is 48.3 Å². The van der Waals surface area contributed by atoms with Crippen LogP contribution in [0, 0.1) is 0 Å². The third-order valence-corrected chi connectivity index (χ3v) is 5.76. The van der Waals surface area contributed by atoms with Gasteiger partial charge in [0.1, 0.15) is 0 Å². The predicted molar refractivity (Wildman–Crippen MR) is 120 cm³/mol. The molecule has 0 aliphatic rings. The van der Waals surface area contributed by atoms with Gasteiger partial charge in [-0.25, -0.2) is 9.59 Å². The average Bonchev–Trinajstić information content (AvgIpc) is 3.07. The van der Waals surface area contributed by atoms with Gasteiger partial charge >= 0.3 is 11.7 Å². The van der Waals surface area contributed by atoms with Crippen LogP contribution >= 0.6 is 0 Å². The molecule has 1 atom stereocenters. The molecular formula is C25H30N2O3. The number of carbonyl (C=O) groups is 1. The van der Waals surface area contributed by atoms with Crippen molar-refractivity contribution >= 4 is 5.97 Å². The molecule has 5 nitrogen and oxygen atoms in total.